The molecule has 1 fully saturated rings. The van der Waals surface area contributed by atoms with Gasteiger partial charge in [0.15, 0.2) is 12.1 Å². The Bertz CT molecular complexity index is 2250. The maximum absolute atomic E-state index is 13.3. The number of carbonyl (C=O) groups is 6. The molecule has 14 nitrogen and oxygen atoms in total. The number of aromatic nitrogens is 3. The molecule has 0 saturated carbocycles. The van der Waals surface area contributed by atoms with Gasteiger partial charge in [0.05, 0.1) is 24.1 Å². The molecule has 4 heterocycles. The molecule has 1 saturated heterocycles. The van der Waals surface area contributed by atoms with E-state index in [1.54, 1.807) is 23.5 Å². The molecule has 2 aromatic heterocycles. The lowest BCUT2D eigenvalue weighted by Gasteiger charge is -2.22. The van der Waals surface area contributed by atoms with Crippen LogP contribution in [-0.2, 0) is 25.6 Å². The Morgan fingerprint density at radius 1 is 0.931 bits per heavy atom. The zero-order chi connectivity index (χ0) is 41.3. The molecular formula is C42H47ClN8O6S. The summed E-state index contributed by atoms with van der Waals surface area (Å²) >= 11 is 7.89. The van der Waals surface area contributed by atoms with E-state index in [1.807, 2.05) is 35.8 Å². The predicted molar refractivity (Wildman–Crippen MR) is 221 cm³/mol. The maximum Gasteiger partial charge on any atom is 0.252 e. The average Bonchev–Trinajstić information content (AvgIpc) is 3.68. The minimum Gasteiger partial charge on any atom is -0.356 e. The van der Waals surface area contributed by atoms with Crippen LogP contribution in [0, 0.1) is 20.8 Å². The van der Waals surface area contributed by atoms with E-state index in [2.05, 4.69) is 45.3 Å². The predicted octanol–water partition coefficient (Wildman–Crippen LogP) is 5.35. The minimum atomic E-state index is -0.884. The van der Waals surface area contributed by atoms with Crippen LogP contribution in [0.1, 0.15) is 123 Å². The number of piperidine rings is 1. The van der Waals surface area contributed by atoms with E-state index < -0.39 is 29.8 Å². The van der Waals surface area contributed by atoms with Gasteiger partial charge in [0.25, 0.3) is 5.91 Å². The number of hydrogen-bond donors (Lipinski definition) is 4. The first-order chi connectivity index (χ1) is 27.9. The van der Waals surface area contributed by atoms with Gasteiger partial charge in [-0.15, -0.1) is 21.5 Å². The second-order valence-electron chi connectivity index (χ2n) is 14.6. The summed E-state index contributed by atoms with van der Waals surface area (Å²) in [6, 6.07) is 10.9. The van der Waals surface area contributed by atoms with Crippen LogP contribution < -0.4 is 21.3 Å². The molecule has 2 aliphatic rings. The minimum absolute atomic E-state index is 0.0604. The Balaban J connectivity index is 0.909. The molecule has 16 heteroatoms. The maximum atomic E-state index is 13.3. The van der Waals surface area contributed by atoms with E-state index in [0.29, 0.717) is 35.8 Å². The van der Waals surface area contributed by atoms with Gasteiger partial charge in [-0.2, -0.15) is 0 Å². The average molecular weight is 827 g/mol. The summed E-state index contributed by atoms with van der Waals surface area (Å²) in [5, 5.41) is 21.2. The normalized spacial score (nSPS) is 16.0. The van der Waals surface area contributed by atoms with E-state index >= 15 is 0 Å². The molecule has 2 aromatic carbocycles. The summed E-state index contributed by atoms with van der Waals surface area (Å²) in [7, 11) is 0. The topological polar surface area (TPSA) is 194 Å². The molecule has 6 rings (SSSR count). The number of aliphatic imine (C=N–C) groups is 1. The lowest BCUT2D eigenvalue weighted by molar-refractivity contribution is -0.134. The molecule has 58 heavy (non-hydrogen) atoms. The number of carbonyl (C=O) groups excluding carboxylic acids is 6. The summed E-state index contributed by atoms with van der Waals surface area (Å²) in [5.74, 6) is -0.608. The van der Waals surface area contributed by atoms with Crippen molar-refractivity contribution in [2.24, 2.45) is 4.99 Å². The van der Waals surface area contributed by atoms with E-state index in [9.17, 15) is 28.8 Å². The summed E-state index contributed by atoms with van der Waals surface area (Å²) in [5.41, 5.74) is 4.43. The highest BCUT2D eigenvalue weighted by molar-refractivity contribution is 7.15. The Labute approximate surface area is 345 Å². The number of benzene rings is 2. The van der Waals surface area contributed by atoms with Gasteiger partial charge in [-0.25, -0.2) is 0 Å². The van der Waals surface area contributed by atoms with Crippen molar-refractivity contribution in [2.45, 2.75) is 97.1 Å². The fraction of sp³-hybridized carbons (Fsp3) is 0.405. The molecule has 4 N–H and O–H groups in total. The first kappa shape index (κ1) is 42.1. The van der Waals surface area contributed by atoms with Gasteiger partial charge in [0.1, 0.15) is 22.9 Å². The SMILES string of the molecule is Cc1sc2c(c1C)C(c1ccc(Cl)cc1)=N[C@@H](CC(=O)NCCCCCCCCNC(=O)Cc1cccc(C(=O)NC3CCC(=O)NC3=O)c1C=O)c1nnc(C)n1-2. The molecule has 0 spiro atoms. The third-order valence-corrected chi connectivity index (χ3v) is 11.9. The first-order valence-electron chi connectivity index (χ1n) is 19.6. The standard InChI is InChI=1S/C42H47ClN8O6S/c1-24-25(2)58-42-37(24)38(27-13-15-29(43)16-14-27)46-33(39-50-49-26(3)51(39)42)22-36(55)45-20-9-7-5-4-6-8-19-44-35(54)21-28-11-10-12-30(31(28)23-52)40(56)47-32-17-18-34(53)48-41(32)57/h10-16,23,32-33H,4-9,17-22H2,1-3H3,(H,44,54)(H,45,55)(H,47,56)(H,48,53,57)/t32?,33-/m0/s1. The Kier molecular flexibility index (Phi) is 14.0. The molecular weight excluding hydrogens is 780 g/mol. The van der Waals surface area contributed by atoms with E-state index in [4.69, 9.17) is 16.6 Å². The van der Waals surface area contributed by atoms with Crippen LogP contribution in [0.2, 0.25) is 5.02 Å². The number of unbranched alkanes of at least 4 members (excludes halogenated alkanes) is 5. The van der Waals surface area contributed by atoms with Crippen molar-refractivity contribution < 1.29 is 28.8 Å². The van der Waals surface area contributed by atoms with Crippen molar-refractivity contribution in [3.8, 4) is 5.00 Å². The molecule has 0 bridgehead atoms. The number of amides is 5. The molecule has 2 atom stereocenters. The zero-order valence-electron chi connectivity index (χ0n) is 32.8. The van der Waals surface area contributed by atoms with Crippen molar-refractivity contribution >= 4 is 64.5 Å². The highest BCUT2D eigenvalue weighted by Gasteiger charge is 2.33. The van der Waals surface area contributed by atoms with Crippen LogP contribution in [0.25, 0.3) is 5.00 Å². The highest BCUT2D eigenvalue weighted by atomic mass is 35.5. The van der Waals surface area contributed by atoms with Gasteiger partial charge in [-0.05, 0) is 69.4 Å². The Morgan fingerprint density at radius 2 is 1.62 bits per heavy atom. The van der Waals surface area contributed by atoms with Crippen molar-refractivity contribution in [3.05, 3.63) is 97.4 Å². The molecule has 0 radical (unpaired) electrons. The van der Waals surface area contributed by atoms with E-state index in [-0.39, 0.29) is 48.6 Å². The van der Waals surface area contributed by atoms with Crippen LogP contribution in [0.15, 0.2) is 47.5 Å². The lowest BCUT2D eigenvalue weighted by Crippen LogP contribution is -2.52. The highest BCUT2D eigenvalue weighted by Crippen LogP contribution is 2.39. The number of hydrogen-bond acceptors (Lipinski definition) is 10. The second-order valence-corrected chi connectivity index (χ2v) is 16.2. The zero-order valence-corrected chi connectivity index (χ0v) is 34.4. The van der Waals surface area contributed by atoms with E-state index in [1.165, 1.54) is 10.9 Å². The number of nitrogens with zero attached hydrogens (tertiary/aromatic N) is 4. The van der Waals surface area contributed by atoms with Gasteiger partial charge in [0.2, 0.25) is 23.6 Å². The molecule has 0 aliphatic carbocycles. The Morgan fingerprint density at radius 3 is 2.31 bits per heavy atom. The molecule has 304 valence electrons. The fourth-order valence-corrected chi connectivity index (χ4v) is 8.54. The number of aryl methyl sites for hydroxylation is 2. The monoisotopic (exact) mass is 826 g/mol. The van der Waals surface area contributed by atoms with Crippen LogP contribution >= 0.6 is 22.9 Å². The van der Waals surface area contributed by atoms with Gasteiger partial charge >= 0.3 is 0 Å². The number of nitrogens with one attached hydrogen (secondary N) is 4. The smallest absolute Gasteiger partial charge is 0.252 e. The van der Waals surface area contributed by atoms with Crippen molar-refractivity contribution in [1.29, 1.82) is 0 Å². The molecule has 5 amide bonds. The van der Waals surface area contributed by atoms with E-state index in [0.717, 1.165) is 71.8 Å². The lowest BCUT2D eigenvalue weighted by atomic mass is 9.98. The molecule has 4 aromatic rings. The summed E-state index contributed by atoms with van der Waals surface area (Å²) in [4.78, 5) is 80.7. The van der Waals surface area contributed by atoms with Crippen molar-refractivity contribution in [2.75, 3.05) is 13.1 Å². The first-order valence-corrected chi connectivity index (χ1v) is 20.8. The molecule has 2 aliphatic heterocycles. The van der Waals surface area contributed by atoms with Gasteiger partial charge in [-0.1, -0.05) is 61.5 Å². The second kappa shape index (κ2) is 19.3. The van der Waals surface area contributed by atoms with Gasteiger partial charge in [0, 0.05) is 46.1 Å². The number of imide groups is 1. The van der Waals surface area contributed by atoms with Crippen LogP contribution in [-0.4, -0.2) is 75.4 Å². The third-order valence-electron chi connectivity index (χ3n) is 10.4. The molecule has 1 unspecified atom stereocenters. The number of aldehydes is 1. The quantitative estimate of drug-likeness (QED) is 0.0622. The van der Waals surface area contributed by atoms with Gasteiger partial charge in [-0.3, -0.25) is 43.6 Å². The van der Waals surface area contributed by atoms with Crippen LogP contribution in [0.5, 0.6) is 0 Å². The number of halogens is 1. The summed E-state index contributed by atoms with van der Waals surface area (Å²) in [6.07, 6.45) is 6.32. The number of fused-ring (bicyclic) bond motifs is 3. The summed E-state index contributed by atoms with van der Waals surface area (Å²) in [6.45, 7) is 7.13. The largest absolute Gasteiger partial charge is 0.356 e. The van der Waals surface area contributed by atoms with Crippen LogP contribution in [0.3, 0.4) is 0 Å². The Hall–Kier alpha value is -5.54. The number of thiophene rings is 1. The van der Waals surface area contributed by atoms with Crippen molar-refractivity contribution in [3.63, 3.8) is 0 Å². The summed E-state index contributed by atoms with van der Waals surface area (Å²) < 4.78 is 2.04. The fourth-order valence-electron chi connectivity index (χ4n) is 7.20. The van der Waals surface area contributed by atoms with Crippen LogP contribution in [0.4, 0.5) is 0 Å². The van der Waals surface area contributed by atoms with Gasteiger partial charge < -0.3 is 16.0 Å². The van der Waals surface area contributed by atoms with Crippen molar-refractivity contribution in [1.82, 2.24) is 36.0 Å². The third kappa shape index (κ3) is 9.94. The number of rotatable bonds is 17.